The van der Waals surface area contributed by atoms with E-state index in [1.807, 2.05) is 7.05 Å². The highest BCUT2D eigenvalue weighted by Gasteiger charge is 2.12. The van der Waals surface area contributed by atoms with Crippen LogP contribution in [0.5, 0.6) is 0 Å². The van der Waals surface area contributed by atoms with Crippen LogP contribution in [0, 0.1) is 5.82 Å². The van der Waals surface area contributed by atoms with Gasteiger partial charge in [-0.15, -0.1) is 0 Å². The van der Waals surface area contributed by atoms with Crippen molar-refractivity contribution in [2.45, 2.75) is 13.0 Å². The molecule has 0 aliphatic rings. The first-order valence-corrected chi connectivity index (χ1v) is 6.12. The Kier molecular flexibility index (Phi) is 6.45. The molecular weight excluding hydrogens is 249 g/mol. The molecular formula is C14H20FNO3. The van der Waals surface area contributed by atoms with E-state index in [9.17, 15) is 9.18 Å². The SMILES string of the molecule is COCCCN(C)Cc1ccc(C(=O)OC)c(F)c1. The van der Waals surface area contributed by atoms with Crippen LogP contribution in [0.25, 0.3) is 0 Å². The third kappa shape index (κ3) is 4.96. The second kappa shape index (κ2) is 7.86. The number of hydrogen-bond acceptors (Lipinski definition) is 4. The maximum absolute atomic E-state index is 13.7. The number of rotatable bonds is 7. The minimum Gasteiger partial charge on any atom is -0.465 e. The number of benzene rings is 1. The molecule has 0 saturated carbocycles. The van der Waals surface area contributed by atoms with Gasteiger partial charge in [0.2, 0.25) is 0 Å². The van der Waals surface area contributed by atoms with Crippen LogP contribution in [0.4, 0.5) is 4.39 Å². The van der Waals surface area contributed by atoms with Gasteiger partial charge in [-0.05, 0) is 31.2 Å². The molecule has 0 saturated heterocycles. The Labute approximate surface area is 113 Å². The van der Waals surface area contributed by atoms with Crippen molar-refractivity contribution in [1.82, 2.24) is 4.90 Å². The Morgan fingerprint density at radius 2 is 2.11 bits per heavy atom. The quantitative estimate of drug-likeness (QED) is 0.561. The predicted molar refractivity (Wildman–Crippen MR) is 70.6 cm³/mol. The summed E-state index contributed by atoms with van der Waals surface area (Å²) in [6, 6.07) is 4.57. The number of carbonyl (C=O) groups is 1. The van der Waals surface area contributed by atoms with Crippen molar-refractivity contribution in [2.75, 3.05) is 34.4 Å². The minimum atomic E-state index is -0.655. The molecule has 0 N–H and O–H groups in total. The average Bonchev–Trinajstić information content (AvgIpc) is 2.38. The molecule has 0 atom stereocenters. The van der Waals surface area contributed by atoms with Gasteiger partial charge in [0.15, 0.2) is 0 Å². The fraction of sp³-hybridized carbons (Fsp3) is 0.500. The van der Waals surface area contributed by atoms with Gasteiger partial charge >= 0.3 is 5.97 Å². The van der Waals surface area contributed by atoms with Crippen LogP contribution < -0.4 is 0 Å². The number of nitrogens with zero attached hydrogens (tertiary/aromatic N) is 1. The summed E-state index contributed by atoms with van der Waals surface area (Å²) in [7, 11) is 4.86. The highest BCUT2D eigenvalue weighted by Crippen LogP contribution is 2.13. The zero-order chi connectivity index (χ0) is 14.3. The van der Waals surface area contributed by atoms with E-state index in [4.69, 9.17) is 4.74 Å². The molecule has 0 radical (unpaired) electrons. The van der Waals surface area contributed by atoms with Crippen LogP contribution in [-0.2, 0) is 16.0 Å². The van der Waals surface area contributed by atoms with Gasteiger partial charge in [0.25, 0.3) is 0 Å². The summed E-state index contributed by atoms with van der Waals surface area (Å²) < 4.78 is 23.2. The molecule has 106 valence electrons. The summed E-state index contributed by atoms with van der Waals surface area (Å²) >= 11 is 0. The standard InChI is InChI=1S/C14H20FNO3/c1-16(7-4-8-18-2)10-11-5-6-12(13(15)9-11)14(17)19-3/h5-6,9H,4,7-8,10H2,1-3H3. The molecule has 0 fully saturated rings. The second-order valence-electron chi connectivity index (χ2n) is 4.39. The normalized spacial score (nSPS) is 10.8. The molecule has 1 rings (SSSR count). The maximum atomic E-state index is 13.7. The van der Waals surface area contributed by atoms with Crippen molar-refractivity contribution < 1.29 is 18.7 Å². The predicted octanol–water partition coefficient (Wildman–Crippen LogP) is 2.08. The summed E-state index contributed by atoms with van der Waals surface area (Å²) in [6.45, 7) is 2.20. The second-order valence-corrected chi connectivity index (χ2v) is 4.39. The molecule has 1 aromatic carbocycles. The van der Waals surface area contributed by atoms with Crippen molar-refractivity contribution >= 4 is 5.97 Å². The van der Waals surface area contributed by atoms with Gasteiger partial charge in [0.05, 0.1) is 12.7 Å². The van der Waals surface area contributed by atoms with Crippen LogP contribution in [0.3, 0.4) is 0 Å². The smallest absolute Gasteiger partial charge is 0.340 e. The van der Waals surface area contributed by atoms with Crippen molar-refractivity contribution in [3.63, 3.8) is 0 Å². The van der Waals surface area contributed by atoms with E-state index in [0.717, 1.165) is 18.5 Å². The number of hydrogen-bond donors (Lipinski definition) is 0. The van der Waals surface area contributed by atoms with Gasteiger partial charge in [-0.25, -0.2) is 9.18 Å². The average molecular weight is 269 g/mol. The molecule has 0 amide bonds. The van der Waals surface area contributed by atoms with Crippen molar-refractivity contribution in [3.05, 3.63) is 35.1 Å². The Bertz CT molecular complexity index is 423. The Morgan fingerprint density at radius 3 is 2.68 bits per heavy atom. The van der Waals surface area contributed by atoms with E-state index in [2.05, 4.69) is 9.64 Å². The summed E-state index contributed by atoms with van der Waals surface area (Å²) in [5.41, 5.74) is 0.790. The molecule has 19 heavy (non-hydrogen) atoms. The molecule has 0 unspecified atom stereocenters. The van der Waals surface area contributed by atoms with Gasteiger partial charge in [0, 0.05) is 26.8 Å². The lowest BCUT2D eigenvalue weighted by atomic mass is 10.1. The lowest BCUT2D eigenvalue weighted by molar-refractivity contribution is 0.0595. The third-order valence-corrected chi connectivity index (χ3v) is 2.78. The van der Waals surface area contributed by atoms with E-state index in [0.29, 0.717) is 13.2 Å². The van der Waals surface area contributed by atoms with Crippen molar-refractivity contribution in [2.24, 2.45) is 0 Å². The molecule has 0 aliphatic carbocycles. The monoisotopic (exact) mass is 269 g/mol. The third-order valence-electron chi connectivity index (χ3n) is 2.78. The molecule has 0 heterocycles. The number of ether oxygens (including phenoxy) is 2. The Hall–Kier alpha value is -1.46. The van der Waals surface area contributed by atoms with Crippen molar-refractivity contribution in [1.29, 1.82) is 0 Å². The molecule has 5 heteroatoms. The highest BCUT2D eigenvalue weighted by molar-refractivity contribution is 5.89. The summed E-state index contributed by atoms with van der Waals surface area (Å²) in [4.78, 5) is 13.3. The zero-order valence-corrected chi connectivity index (χ0v) is 11.6. The highest BCUT2D eigenvalue weighted by atomic mass is 19.1. The molecule has 0 aromatic heterocycles. The summed E-state index contributed by atoms with van der Waals surface area (Å²) in [5, 5.41) is 0. The molecule has 4 nitrogen and oxygen atoms in total. The van der Waals surface area contributed by atoms with Crippen LogP contribution in [-0.4, -0.2) is 45.3 Å². The maximum Gasteiger partial charge on any atom is 0.340 e. The lowest BCUT2D eigenvalue weighted by Crippen LogP contribution is -2.20. The first-order chi connectivity index (χ1) is 9.08. The number of methoxy groups -OCH3 is 2. The number of carbonyl (C=O) groups excluding carboxylic acids is 1. The molecule has 0 spiro atoms. The van der Waals surface area contributed by atoms with E-state index in [1.165, 1.54) is 19.2 Å². The van der Waals surface area contributed by atoms with Crippen LogP contribution >= 0.6 is 0 Å². The fourth-order valence-corrected chi connectivity index (χ4v) is 1.80. The fourth-order valence-electron chi connectivity index (χ4n) is 1.80. The van der Waals surface area contributed by atoms with Crippen LogP contribution in [0.1, 0.15) is 22.3 Å². The number of esters is 1. The van der Waals surface area contributed by atoms with Crippen LogP contribution in [0.2, 0.25) is 0 Å². The van der Waals surface area contributed by atoms with E-state index >= 15 is 0 Å². The number of halogens is 1. The van der Waals surface area contributed by atoms with E-state index in [-0.39, 0.29) is 5.56 Å². The lowest BCUT2D eigenvalue weighted by Gasteiger charge is -2.16. The molecule has 0 bridgehead atoms. The Morgan fingerprint density at radius 1 is 1.37 bits per heavy atom. The zero-order valence-electron chi connectivity index (χ0n) is 11.6. The first kappa shape index (κ1) is 15.6. The van der Waals surface area contributed by atoms with Crippen LogP contribution in [0.15, 0.2) is 18.2 Å². The van der Waals surface area contributed by atoms with Gasteiger partial charge in [-0.2, -0.15) is 0 Å². The largest absolute Gasteiger partial charge is 0.465 e. The van der Waals surface area contributed by atoms with Gasteiger partial charge in [0.1, 0.15) is 5.82 Å². The topological polar surface area (TPSA) is 38.8 Å². The summed E-state index contributed by atoms with van der Waals surface area (Å²) in [6.07, 6.45) is 0.926. The van der Waals surface area contributed by atoms with E-state index < -0.39 is 11.8 Å². The van der Waals surface area contributed by atoms with Gasteiger partial charge in [-0.3, -0.25) is 0 Å². The summed E-state index contributed by atoms with van der Waals surface area (Å²) in [5.74, 6) is -1.20. The first-order valence-electron chi connectivity index (χ1n) is 6.12. The van der Waals surface area contributed by atoms with Gasteiger partial charge in [-0.1, -0.05) is 6.07 Å². The Balaban J connectivity index is 2.60. The minimum absolute atomic E-state index is 0.0340. The van der Waals surface area contributed by atoms with Crippen molar-refractivity contribution in [3.8, 4) is 0 Å². The van der Waals surface area contributed by atoms with Gasteiger partial charge < -0.3 is 14.4 Å². The molecule has 0 aliphatic heterocycles. The molecule has 1 aromatic rings. The van der Waals surface area contributed by atoms with E-state index in [1.54, 1.807) is 13.2 Å².